The fourth-order valence-electron chi connectivity index (χ4n) is 2.15. The Hall–Kier alpha value is -2.57. The van der Waals surface area contributed by atoms with Gasteiger partial charge in [0, 0.05) is 23.0 Å². The third-order valence-electron chi connectivity index (χ3n) is 3.19. The average molecular weight is 340 g/mol. The number of nitrogens with zero attached hydrogens (tertiary/aromatic N) is 5. The number of hydrogen-bond donors (Lipinski definition) is 0. The normalized spacial score (nSPS) is 11.5. The molecule has 7 heteroatoms. The van der Waals surface area contributed by atoms with Gasteiger partial charge < -0.3 is 0 Å². The number of benzene rings is 1. The van der Waals surface area contributed by atoms with Crippen molar-refractivity contribution in [2.45, 2.75) is 0 Å². The summed E-state index contributed by atoms with van der Waals surface area (Å²) in [5.74, 6) is 0.687. The number of rotatable bonds is 3. The van der Waals surface area contributed by atoms with Crippen molar-refractivity contribution in [2.24, 2.45) is 0 Å². The highest BCUT2D eigenvalue weighted by Gasteiger charge is 2.12. The summed E-state index contributed by atoms with van der Waals surface area (Å²) in [7, 11) is 0. The molecule has 0 aliphatic carbocycles. The first-order valence-electron chi connectivity index (χ1n) is 6.86. The summed E-state index contributed by atoms with van der Waals surface area (Å²) >= 11 is 7.46. The van der Waals surface area contributed by atoms with E-state index >= 15 is 0 Å². The van der Waals surface area contributed by atoms with Crippen LogP contribution in [-0.4, -0.2) is 24.8 Å². The number of aromatic nitrogens is 5. The molecule has 1 aromatic carbocycles. The van der Waals surface area contributed by atoms with E-state index in [0.29, 0.717) is 10.8 Å². The van der Waals surface area contributed by atoms with E-state index in [2.05, 4.69) is 20.3 Å². The van der Waals surface area contributed by atoms with Crippen molar-refractivity contribution in [3.63, 3.8) is 0 Å². The monoisotopic (exact) mass is 339 g/mol. The first kappa shape index (κ1) is 14.0. The van der Waals surface area contributed by atoms with Gasteiger partial charge in [0.05, 0.1) is 0 Å². The summed E-state index contributed by atoms with van der Waals surface area (Å²) < 4.78 is 1.74. The number of fused-ring (bicyclic) bond motifs is 1. The van der Waals surface area contributed by atoms with Crippen LogP contribution in [0.5, 0.6) is 0 Å². The molecule has 0 atom stereocenters. The summed E-state index contributed by atoms with van der Waals surface area (Å²) in [6.45, 7) is 0. The largest absolute Gasteiger partial charge is 0.264 e. The van der Waals surface area contributed by atoms with Gasteiger partial charge in [-0.2, -0.15) is 9.61 Å². The van der Waals surface area contributed by atoms with E-state index in [1.165, 1.54) is 11.3 Å². The Morgan fingerprint density at radius 2 is 2.04 bits per heavy atom. The van der Waals surface area contributed by atoms with E-state index in [4.69, 9.17) is 11.6 Å². The maximum atomic E-state index is 5.99. The summed E-state index contributed by atoms with van der Waals surface area (Å²) in [6.07, 6.45) is 7.39. The van der Waals surface area contributed by atoms with Gasteiger partial charge in [0.2, 0.25) is 4.96 Å². The molecule has 0 unspecified atom stereocenters. The van der Waals surface area contributed by atoms with Crippen LogP contribution in [0.4, 0.5) is 0 Å². The standard InChI is InChI=1S/C16H10ClN5S/c17-13-5-1-3-11(9-13)6-7-14-21-22-15(19-20-16(22)23-14)12-4-2-8-18-10-12/h1-10H. The SMILES string of the molecule is Clc1cccc(C=Cc2nn3c(-c4cccnc4)nnc3s2)c1. The zero-order chi connectivity index (χ0) is 15.6. The lowest BCUT2D eigenvalue weighted by Gasteiger charge is -1.94. The smallest absolute Gasteiger partial charge is 0.235 e. The molecule has 4 aromatic rings. The molecular weight excluding hydrogens is 330 g/mol. The molecule has 0 radical (unpaired) electrons. The first-order valence-corrected chi connectivity index (χ1v) is 8.05. The van der Waals surface area contributed by atoms with Crippen LogP contribution in [0, 0.1) is 0 Å². The maximum absolute atomic E-state index is 5.99. The average Bonchev–Trinajstić information content (AvgIpc) is 3.14. The summed E-state index contributed by atoms with van der Waals surface area (Å²) in [5.41, 5.74) is 1.91. The molecule has 0 saturated carbocycles. The molecule has 0 bridgehead atoms. The molecular formula is C16H10ClN5S. The Bertz CT molecular complexity index is 990. The molecule has 0 saturated heterocycles. The summed E-state index contributed by atoms with van der Waals surface area (Å²) in [5, 5.41) is 14.5. The topological polar surface area (TPSA) is 56.0 Å². The van der Waals surface area contributed by atoms with E-state index in [1.807, 2.05) is 48.6 Å². The van der Waals surface area contributed by atoms with E-state index < -0.39 is 0 Å². The molecule has 23 heavy (non-hydrogen) atoms. The maximum Gasteiger partial charge on any atom is 0.235 e. The minimum absolute atomic E-state index is 0.687. The molecule has 112 valence electrons. The van der Waals surface area contributed by atoms with Crippen molar-refractivity contribution in [1.29, 1.82) is 0 Å². The molecule has 3 heterocycles. The van der Waals surface area contributed by atoms with Gasteiger partial charge >= 0.3 is 0 Å². The minimum atomic E-state index is 0.687. The van der Waals surface area contributed by atoms with Crippen LogP contribution >= 0.6 is 22.9 Å². The lowest BCUT2D eigenvalue weighted by molar-refractivity contribution is 0.958. The Morgan fingerprint density at radius 1 is 1.09 bits per heavy atom. The second kappa shape index (κ2) is 5.91. The van der Waals surface area contributed by atoms with Gasteiger partial charge in [0.1, 0.15) is 5.01 Å². The summed E-state index contributed by atoms with van der Waals surface area (Å²) in [6, 6.07) is 11.5. The zero-order valence-electron chi connectivity index (χ0n) is 11.8. The summed E-state index contributed by atoms with van der Waals surface area (Å²) in [4.78, 5) is 4.85. The van der Waals surface area contributed by atoms with Gasteiger partial charge in [-0.3, -0.25) is 4.98 Å². The lowest BCUT2D eigenvalue weighted by atomic mass is 10.2. The zero-order valence-corrected chi connectivity index (χ0v) is 13.4. The third-order valence-corrected chi connectivity index (χ3v) is 4.29. The lowest BCUT2D eigenvalue weighted by Crippen LogP contribution is -1.90. The Kier molecular flexibility index (Phi) is 3.61. The van der Waals surface area contributed by atoms with Crippen LogP contribution in [0.25, 0.3) is 28.5 Å². The van der Waals surface area contributed by atoms with Crippen molar-refractivity contribution in [1.82, 2.24) is 24.8 Å². The fraction of sp³-hybridized carbons (Fsp3) is 0. The highest BCUT2D eigenvalue weighted by Crippen LogP contribution is 2.22. The predicted octanol–water partition coefficient (Wildman–Crippen LogP) is 4.07. The third kappa shape index (κ3) is 2.86. The van der Waals surface area contributed by atoms with E-state index in [0.717, 1.165) is 21.1 Å². The number of hydrogen-bond acceptors (Lipinski definition) is 5. The Labute approximate surface area is 140 Å². The van der Waals surface area contributed by atoms with Crippen molar-refractivity contribution >= 4 is 40.1 Å². The Morgan fingerprint density at radius 3 is 2.87 bits per heavy atom. The van der Waals surface area contributed by atoms with Crippen LogP contribution < -0.4 is 0 Å². The molecule has 0 N–H and O–H groups in total. The Balaban J connectivity index is 1.69. The van der Waals surface area contributed by atoms with Gasteiger partial charge in [-0.1, -0.05) is 41.1 Å². The van der Waals surface area contributed by atoms with Crippen LogP contribution in [0.15, 0.2) is 48.8 Å². The number of pyridine rings is 1. The fourth-order valence-corrected chi connectivity index (χ4v) is 3.09. The van der Waals surface area contributed by atoms with Crippen molar-refractivity contribution in [2.75, 3.05) is 0 Å². The van der Waals surface area contributed by atoms with Crippen molar-refractivity contribution in [3.8, 4) is 11.4 Å². The quantitative estimate of drug-likeness (QED) is 0.564. The minimum Gasteiger partial charge on any atom is -0.264 e. The molecule has 0 fully saturated rings. The van der Waals surface area contributed by atoms with Gasteiger partial charge in [-0.05, 0) is 35.9 Å². The molecule has 4 rings (SSSR count). The second-order valence-corrected chi connectivity index (χ2v) is 6.21. The van der Waals surface area contributed by atoms with Crippen LogP contribution in [0.2, 0.25) is 5.02 Å². The molecule has 0 aliphatic rings. The molecule has 0 aliphatic heterocycles. The molecule has 3 aromatic heterocycles. The van der Waals surface area contributed by atoms with Gasteiger partial charge in [0.15, 0.2) is 5.82 Å². The van der Waals surface area contributed by atoms with Gasteiger partial charge in [0.25, 0.3) is 0 Å². The number of halogens is 1. The van der Waals surface area contributed by atoms with E-state index in [1.54, 1.807) is 16.9 Å². The van der Waals surface area contributed by atoms with E-state index in [9.17, 15) is 0 Å². The highest BCUT2D eigenvalue weighted by molar-refractivity contribution is 7.17. The van der Waals surface area contributed by atoms with Gasteiger partial charge in [-0.15, -0.1) is 10.2 Å². The predicted molar refractivity (Wildman–Crippen MR) is 92.3 cm³/mol. The van der Waals surface area contributed by atoms with Crippen LogP contribution in [0.1, 0.15) is 10.6 Å². The first-order chi connectivity index (χ1) is 11.3. The second-order valence-electron chi connectivity index (χ2n) is 4.79. The van der Waals surface area contributed by atoms with Gasteiger partial charge in [-0.25, -0.2) is 0 Å². The molecule has 0 amide bonds. The van der Waals surface area contributed by atoms with Crippen LogP contribution in [0.3, 0.4) is 0 Å². The van der Waals surface area contributed by atoms with Crippen LogP contribution in [-0.2, 0) is 0 Å². The van der Waals surface area contributed by atoms with E-state index in [-0.39, 0.29) is 0 Å². The van der Waals surface area contributed by atoms with Crippen molar-refractivity contribution in [3.05, 3.63) is 64.4 Å². The molecule has 0 spiro atoms. The molecule has 5 nitrogen and oxygen atoms in total. The highest BCUT2D eigenvalue weighted by atomic mass is 35.5. The van der Waals surface area contributed by atoms with Crippen molar-refractivity contribution < 1.29 is 0 Å².